The van der Waals surface area contributed by atoms with Gasteiger partial charge in [-0.25, -0.2) is 4.79 Å². The summed E-state index contributed by atoms with van der Waals surface area (Å²) in [5.41, 5.74) is 0.957. The van der Waals surface area contributed by atoms with Gasteiger partial charge in [-0.2, -0.15) is 0 Å². The highest BCUT2D eigenvalue weighted by Crippen LogP contribution is 2.25. The first-order chi connectivity index (χ1) is 17.0. The van der Waals surface area contributed by atoms with Crippen LogP contribution in [0.3, 0.4) is 0 Å². The highest BCUT2D eigenvalue weighted by molar-refractivity contribution is 8.14. The first-order valence-corrected chi connectivity index (χ1v) is 13.3. The number of rotatable bonds is 13. The second-order valence-corrected chi connectivity index (χ2v) is 9.73. The van der Waals surface area contributed by atoms with E-state index in [1.165, 1.54) is 38.5 Å². The molecule has 0 radical (unpaired) electrons. The molecular formula is C29H31ClO4S. The van der Waals surface area contributed by atoms with Crippen molar-refractivity contribution in [3.63, 3.8) is 0 Å². The van der Waals surface area contributed by atoms with E-state index in [9.17, 15) is 9.59 Å². The van der Waals surface area contributed by atoms with E-state index in [0.717, 1.165) is 28.8 Å². The Balaban J connectivity index is 1.42. The van der Waals surface area contributed by atoms with Crippen LogP contribution in [-0.2, 0) is 0 Å². The summed E-state index contributed by atoms with van der Waals surface area (Å²) in [5, 5.41) is 0.524. The van der Waals surface area contributed by atoms with Crippen LogP contribution in [0, 0.1) is 0 Å². The quantitative estimate of drug-likeness (QED) is 0.0996. The number of benzene rings is 3. The molecule has 0 bridgehead atoms. The van der Waals surface area contributed by atoms with E-state index in [4.69, 9.17) is 21.1 Å². The van der Waals surface area contributed by atoms with E-state index in [2.05, 4.69) is 6.92 Å². The normalized spacial score (nSPS) is 10.7. The number of carbonyl (C=O) groups is 2. The summed E-state index contributed by atoms with van der Waals surface area (Å²) in [4.78, 5) is 25.7. The van der Waals surface area contributed by atoms with Gasteiger partial charge in [-0.3, -0.25) is 4.79 Å². The van der Waals surface area contributed by atoms with E-state index >= 15 is 0 Å². The Kier molecular flexibility index (Phi) is 11.2. The number of esters is 1. The van der Waals surface area contributed by atoms with Crippen molar-refractivity contribution in [1.82, 2.24) is 0 Å². The molecule has 3 rings (SSSR count). The lowest BCUT2D eigenvalue weighted by Gasteiger charge is -2.08. The number of thioether (sulfide) groups is 1. The fourth-order valence-corrected chi connectivity index (χ4v) is 4.30. The molecule has 0 aromatic heterocycles. The van der Waals surface area contributed by atoms with Gasteiger partial charge >= 0.3 is 5.97 Å². The minimum absolute atomic E-state index is 0.0997. The van der Waals surface area contributed by atoms with Crippen LogP contribution in [0.4, 0.5) is 0 Å². The van der Waals surface area contributed by atoms with Gasteiger partial charge in [0.05, 0.1) is 12.2 Å². The van der Waals surface area contributed by atoms with Gasteiger partial charge in [0, 0.05) is 15.5 Å². The van der Waals surface area contributed by atoms with E-state index in [1.54, 1.807) is 72.8 Å². The number of carbonyl (C=O) groups excluding carboxylic acids is 2. The van der Waals surface area contributed by atoms with Crippen LogP contribution in [0.25, 0.3) is 0 Å². The molecule has 3 aromatic rings. The van der Waals surface area contributed by atoms with Crippen LogP contribution in [0.5, 0.6) is 11.5 Å². The van der Waals surface area contributed by atoms with Crippen LogP contribution in [0.15, 0.2) is 77.7 Å². The number of hydrogen-bond donors (Lipinski definition) is 0. The molecule has 184 valence electrons. The third kappa shape index (κ3) is 9.42. The average molecular weight is 511 g/mol. The van der Waals surface area contributed by atoms with Gasteiger partial charge in [0.2, 0.25) is 5.12 Å². The van der Waals surface area contributed by atoms with Crippen molar-refractivity contribution < 1.29 is 19.1 Å². The Morgan fingerprint density at radius 2 is 1.29 bits per heavy atom. The Hall–Kier alpha value is -2.76. The predicted molar refractivity (Wildman–Crippen MR) is 143 cm³/mol. The Morgan fingerprint density at radius 1 is 0.714 bits per heavy atom. The maximum Gasteiger partial charge on any atom is 0.343 e. The fourth-order valence-electron chi connectivity index (χ4n) is 3.43. The summed E-state index contributed by atoms with van der Waals surface area (Å²) in [7, 11) is 0. The van der Waals surface area contributed by atoms with Crippen LogP contribution in [0.2, 0.25) is 5.02 Å². The molecule has 0 heterocycles. The molecule has 0 saturated carbocycles. The minimum atomic E-state index is -0.460. The van der Waals surface area contributed by atoms with Crippen LogP contribution in [-0.4, -0.2) is 17.7 Å². The number of ether oxygens (including phenoxy) is 2. The van der Waals surface area contributed by atoms with Crippen molar-refractivity contribution in [3.05, 3.63) is 88.9 Å². The number of unbranched alkanes of at least 4 members (excludes halogenated alkanes) is 6. The van der Waals surface area contributed by atoms with Crippen molar-refractivity contribution in [2.45, 2.75) is 56.8 Å². The second kappa shape index (κ2) is 14.6. The maximum absolute atomic E-state index is 12.5. The molecule has 0 atom stereocenters. The highest BCUT2D eigenvalue weighted by atomic mass is 35.5. The van der Waals surface area contributed by atoms with Gasteiger partial charge in [-0.05, 0) is 91.0 Å². The highest BCUT2D eigenvalue weighted by Gasteiger charge is 2.12. The maximum atomic E-state index is 12.5. The summed E-state index contributed by atoms with van der Waals surface area (Å²) in [6.07, 6.45) is 8.67. The lowest BCUT2D eigenvalue weighted by Crippen LogP contribution is -2.08. The molecule has 0 aliphatic carbocycles. The van der Waals surface area contributed by atoms with E-state index in [-0.39, 0.29) is 5.12 Å². The second-order valence-electron chi connectivity index (χ2n) is 8.25. The van der Waals surface area contributed by atoms with E-state index in [1.807, 2.05) is 0 Å². The zero-order chi connectivity index (χ0) is 24.9. The molecule has 6 heteroatoms. The van der Waals surface area contributed by atoms with Gasteiger partial charge in [-0.1, -0.05) is 57.0 Å². The lowest BCUT2D eigenvalue weighted by atomic mass is 10.1. The van der Waals surface area contributed by atoms with Crippen molar-refractivity contribution >= 4 is 34.4 Å². The SMILES string of the molecule is CCCCCCCCCOc1ccc(C(=O)Oc2ccc(C(=O)Sc3ccc(Cl)cc3)cc2)cc1. The zero-order valence-electron chi connectivity index (χ0n) is 20.0. The Morgan fingerprint density at radius 3 is 1.94 bits per heavy atom. The van der Waals surface area contributed by atoms with E-state index in [0.29, 0.717) is 28.5 Å². The first kappa shape index (κ1) is 26.8. The monoisotopic (exact) mass is 510 g/mol. The first-order valence-electron chi connectivity index (χ1n) is 12.1. The average Bonchev–Trinajstić information content (AvgIpc) is 2.88. The van der Waals surface area contributed by atoms with Gasteiger partial charge < -0.3 is 9.47 Å². The van der Waals surface area contributed by atoms with Gasteiger partial charge in [-0.15, -0.1) is 0 Å². The van der Waals surface area contributed by atoms with Gasteiger partial charge in [0.1, 0.15) is 11.5 Å². The molecular weight excluding hydrogens is 480 g/mol. The van der Waals surface area contributed by atoms with Crippen LogP contribution in [0.1, 0.15) is 72.6 Å². The molecule has 0 N–H and O–H groups in total. The minimum Gasteiger partial charge on any atom is -0.494 e. The lowest BCUT2D eigenvalue weighted by molar-refractivity contribution is 0.0734. The number of hydrogen-bond acceptors (Lipinski definition) is 5. The molecule has 0 spiro atoms. The summed E-state index contributed by atoms with van der Waals surface area (Å²) in [6, 6.07) is 20.6. The van der Waals surface area contributed by atoms with Crippen molar-refractivity contribution in [2.75, 3.05) is 6.61 Å². The van der Waals surface area contributed by atoms with Gasteiger partial charge in [0.25, 0.3) is 0 Å². The molecule has 0 fully saturated rings. The Labute approximate surface area is 217 Å². The standard InChI is InChI=1S/C29H31ClO4S/c1-2-3-4-5-6-7-8-21-33-25-15-9-22(10-16-25)28(31)34-26-17-11-23(12-18-26)29(32)35-27-19-13-24(30)14-20-27/h9-20H,2-8,21H2,1H3. The summed E-state index contributed by atoms with van der Waals surface area (Å²) in [5.74, 6) is 0.661. The van der Waals surface area contributed by atoms with E-state index < -0.39 is 5.97 Å². The van der Waals surface area contributed by atoms with Crippen LogP contribution >= 0.6 is 23.4 Å². The van der Waals surface area contributed by atoms with Crippen LogP contribution < -0.4 is 9.47 Å². The molecule has 0 aliphatic heterocycles. The molecule has 0 amide bonds. The third-order valence-corrected chi connectivity index (χ3v) is 6.61. The molecule has 0 aliphatic rings. The predicted octanol–water partition coefficient (Wildman–Crippen LogP) is 8.62. The molecule has 3 aromatic carbocycles. The van der Waals surface area contributed by atoms with Crippen molar-refractivity contribution in [2.24, 2.45) is 0 Å². The summed E-state index contributed by atoms with van der Waals surface area (Å²) < 4.78 is 11.2. The third-order valence-electron chi connectivity index (χ3n) is 5.43. The summed E-state index contributed by atoms with van der Waals surface area (Å²) >= 11 is 7.00. The molecule has 0 unspecified atom stereocenters. The topological polar surface area (TPSA) is 52.6 Å². The number of halogens is 1. The molecule has 0 saturated heterocycles. The smallest absolute Gasteiger partial charge is 0.343 e. The summed E-state index contributed by atoms with van der Waals surface area (Å²) in [6.45, 7) is 2.91. The van der Waals surface area contributed by atoms with Crippen molar-refractivity contribution in [3.8, 4) is 11.5 Å². The molecule has 4 nitrogen and oxygen atoms in total. The fraction of sp³-hybridized carbons (Fsp3) is 0.310. The van der Waals surface area contributed by atoms with Gasteiger partial charge in [0.15, 0.2) is 0 Å². The molecule has 35 heavy (non-hydrogen) atoms. The van der Waals surface area contributed by atoms with Crippen molar-refractivity contribution in [1.29, 1.82) is 0 Å². The largest absolute Gasteiger partial charge is 0.494 e. The zero-order valence-corrected chi connectivity index (χ0v) is 21.6. The Bertz CT molecular complexity index is 1060.